The van der Waals surface area contributed by atoms with E-state index in [2.05, 4.69) is 25.8 Å². The van der Waals surface area contributed by atoms with Crippen molar-refractivity contribution in [3.8, 4) is 0 Å². The Kier molecular flexibility index (Phi) is 12.0. The molecule has 0 aliphatic carbocycles. The minimum atomic E-state index is -1.28. The van der Waals surface area contributed by atoms with E-state index in [9.17, 15) is 19.2 Å². The van der Waals surface area contributed by atoms with Crippen LogP contribution in [-0.2, 0) is 41.6 Å². The van der Waals surface area contributed by atoms with E-state index in [1.807, 2.05) is 32.8 Å². The summed E-state index contributed by atoms with van der Waals surface area (Å²) in [5.41, 5.74) is 6.80. The second-order valence-electron chi connectivity index (χ2n) is 10.9. The number of β-lactam (4-membered cyclic amide) rings is 1. The minimum Gasteiger partial charge on any atom is -0.434 e. The number of ether oxygens (including phenoxy) is 3. The number of likely N-dealkylation sites (N-methyl/N-ethyl adjacent to an activating group) is 1. The van der Waals surface area contributed by atoms with Crippen LogP contribution in [0, 0.1) is 5.92 Å². The molecule has 2 aromatic heterocycles. The van der Waals surface area contributed by atoms with Crippen LogP contribution in [-0.4, -0.2) is 115 Å². The lowest BCUT2D eigenvalue weighted by atomic mass is 10.0. The topological polar surface area (TPSA) is 197 Å². The number of nitrogen functional groups attached to an aromatic ring is 1. The van der Waals surface area contributed by atoms with Crippen molar-refractivity contribution >= 4 is 63.9 Å². The Morgan fingerprint density at radius 3 is 2.71 bits per heavy atom. The predicted octanol–water partition coefficient (Wildman–Crippen LogP) is 1.35. The van der Waals surface area contributed by atoms with Crippen molar-refractivity contribution in [2.75, 3.05) is 44.5 Å². The van der Waals surface area contributed by atoms with E-state index in [0.29, 0.717) is 46.2 Å². The Morgan fingerprint density at radius 2 is 2.02 bits per heavy atom. The van der Waals surface area contributed by atoms with Gasteiger partial charge in [0.1, 0.15) is 17.1 Å². The van der Waals surface area contributed by atoms with Crippen LogP contribution in [0.25, 0.3) is 0 Å². The molecule has 1 saturated heterocycles. The zero-order valence-corrected chi connectivity index (χ0v) is 28.1. The monoisotopic (exact) mass is 683 g/mol. The normalized spacial score (nSPS) is 18.5. The van der Waals surface area contributed by atoms with Crippen molar-refractivity contribution in [1.82, 2.24) is 40.3 Å². The van der Waals surface area contributed by atoms with Crippen LogP contribution in [0.1, 0.15) is 32.9 Å². The summed E-state index contributed by atoms with van der Waals surface area (Å²) in [5.74, 6) is -0.722. The van der Waals surface area contributed by atoms with Gasteiger partial charge < -0.3 is 30.2 Å². The van der Waals surface area contributed by atoms with E-state index in [4.69, 9.17) is 19.9 Å². The highest BCUT2D eigenvalue weighted by Crippen LogP contribution is 2.42. The average molecular weight is 684 g/mol. The molecule has 2 amide bonds. The third-order valence-corrected chi connectivity index (χ3v) is 9.66. The van der Waals surface area contributed by atoms with E-state index in [1.165, 1.54) is 46.7 Å². The molecule has 0 spiro atoms. The molecule has 0 radical (unpaired) electrons. The standard InChI is InChI=1S/C26H37N9O7S3/c1-14(2)6-9-40-26(39)42-15(3)41-23(38)20-16(12-45-25-30-31-32-34(25)8-7-33(4)5)11-43-22-19(21(37)35(20)22)29-18(36)10-17-13-44-24(27)28-17/h13-15,19,22H,6-12H2,1-5H3,(H2,27,28)(H,29,36)/t15?,19-,22+/m1/s1. The second kappa shape index (κ2) is 15.7. The van der Waals surface area contributed by atoms with Crippen LogP contribution in [0.4, 0.5) is 9.93 Å². The van der Waals surface area contributed by atoms with Crippen molar-refractivity contribution in [3.05, 3.63) is 22.3 Å². The summed E-state index contributed by atoms with van der Waals surface area (Å²) in [7, 11) is 3.89. The van der Waals surface area contributed by atoms with Gasteiger partial charge in [0.25, 0.3) is 5.91 Å². The van der Waals surface area contributed by atoms with Crippen molar-refractivity contribution in [3.63, 3.8) is 0 Å². The Bertz CT molecular complexity index is 1410. The molecular formula is C26H37N9O7S3. The Balaban J connectivity index is 1.46. The van der Waals surface area contributed by atoms with Gasteiger partial charge in [-0.3, -0.25) is 14.5 Å². The van der Waals surface area contributed by atoms with Crippen LogP contribution in [0.3, 0.4) is 0 Å². The van der Waals surface area contributed by atoms with Gasteiger partial charge in [0.2, 0.25) is 17.4 Å². The summed E-state index contributed by atoms with van der Waals surface area (Å²) in [5, 5.41) is 16.7. The predicted molar refractivity (Wildman–Crippen MR) is 167 cm³/mol. The fourth-order valence-corrected chi connectivity index (χ4v) is 7.19. The second-order valence-corrected chi connectivity index (χ2v) is 13.8. The molecule has 0 aromatic carbocycles. The fraction of sp³-hybridized carbons (Fsp3) is 0.615. The summed E-state index contributed by atoms with van der Waals surface area (Å²) in [6.07, 6.45) is -1.63. The Morgan fingerprint density at radius 1 is 1.24 bits per heavy atom. The molecule has 0 saturated carbocycles. The molecule has 19 heteroatoms. The highest BCUT2D eigenvalue weighted by molar-refractivity contribution is 8.01. The summed E-state index contributed by atoms with van der Waals surface area (Å²) < 4.78 is 17.3. The van der Waals surface area contributed by atoms with E-state index in [0.717, 1.165) is 6.54 Å². The molecule has 4 rings (SSSR count). The number of esters is 1. The minimum absolute atomic E-state index is 0.0324. The van der Waals surface area contributed by atoms with Gasteiger partial charge in [-0.15, -0.1) is 28.2 Å². The summed E-state index contributed by atoms with van der Waals surface area (Å²) in [6, 6.07) is -0.849. The maximum atomic E-state index is 13.5. The number of nitrogens with two attached hydrogens (primary N) is 1. The molecule has 1 unspecified atom stereocenters. The number of nitrogens with one attached hydrogen (secondary N) is 1. The van der Waals surface area contributed by atoms with E-state index in [-0.39, 0.29) is 24.5 Å². The van der Waals surface area contributed by atoms with Crippen molar-refractivity contribution in [2.45, 2.75) is 63.0 Å². The number of nitrogens with zero attached hydrogens (tertiary/aromatic N) is 7. The zero-order valence-electron chi connectivity index (χ0n) is 25.6. The molecule has 2 aliphatic heterocycles. The maximum Gasteiger partial charge on any atom is 0.511 e. The Labute approximate surface area is 272 Å². The first-order valence-electron chi connectivity index (χ1n) is 14.2. The lowest BCUT2D eigenvalue weighted by Crippen LogP contribution is -2.70. The molecule has 3 N–H and O–H groups in total. The molecule has 3 atom stereocenters. The number of tetrazole rings is 1. The quantitative estimate of drug-likeness (QED) is 0.118. The highest BCUT2D eigenvalue weighted by Gasteiger charge is 2.54. The highest BCUT2D eigenvalue weighted by atomic mass is 32.2. The summed E-state index contributed by atoms with van der Waals surface area (Å²) in [4.78, 5) is 59.1. The largest absolute Gasteiger partial charge is 0.511 e. The molecule has 16 nitrogen and oxygen atoms in total. The van der Waals surface area contributed by atoms with Gasteiger partial charge in [-0.25, -0.2) is 19.3 Å². The van der Waals surface area contributed by atoms with Crippen LogP contribution >= 0.6 is 34.9 Å². The third kappa shape index (κ3) is 9.30. The first-order valence-corrected chi connectivity index (χ1v) is 17.1. The van der Waals surface area contributed by atoms with Gasteiger partial charge >= 0.3 is 12.1 Å². The molecule has 246 valence electrons. The van der Waals surface area contributed by atoms with Crippen molar-refractivity contribution < 1.29 is 33.4 Å². The first-order chi connectivity index (χ1) is 21.4. The van der Waals surface area contributed by atoms with Gasteiger partial charge in [0.15, 0.2) is 5.13 Å². The zero-order chi connectivity index (χ0) is 32.7. The van der Waals surface area contributed by atoms with Crippen LogP contribution in [0.2, 0.25) is 0 Å². The maximum absolute atomic E-state index is 13.5. The molecule has 1 fully saturated rings. The number of aromatic nitrogens is 5. The van der Waals surface area contributed by atoms with Gasteiger partial charge in [-0.1, -0.05) is 25.6 Å². The van der Waals surface area contributed by atoms with Crippen LogP contribution in [0.15, 0.2) is 21.8 Å². The van der Waals surface area contributed by atoms with Crippen molar-refractivity contribution in [1.29, 1.82) is 0 Å². The summed E-state index contributed by atoms with van der Waals surface area (Å²) >= 11 is 3.95. The number of carbonyl (C=O) groups excluding carboxylic acids is 4. The first kappa shape index (κ1) is 34.5. The van der Waals surface area contributed by atoms with E-state index >= 15 is 0 Å². The average Bonchev–Trinajstić information content (AvgIpc) is 3.60. The van der Waals surface area contributed by atoms with Gasteiger partial charge in [-0.05, 0) is 42.4 Å². The van der Waals surface area contributed by atoms with E-state index < -0.39 is 41.6 Å². The smallest absolute Gasteiger partial charge is 0.434 e. The molecule has 45 heavy (non-hydrogen) atoms. The number of fused-ring (bicyclic) bond motifs is 1. The van der Waals surface area contributed by atoms with Gasteiger partial charge in [-0.2, -0.15) is 0 Å². The Hall–Kier alpha value is -3.42. The number of carbonyl (C=O) groups is 4. The number of hydrogen-bond donors (Lipinski definition) is 2. The fourth-order valence-electron chi connectivity index (χ4n) is 4.24. The summed E-state index contributed by atoms with van der Waals surface area (Å²) in [6.45, 7) is 6.83. The number of amides is 2. The third-order valence-electron chi connectivity index (χ3n) is 6.55. The van der Waals surface area contributed by atoms with E-state index in [1.54, 1.807) is 10.1 Å². The van der Waals surface area contributed by atoms with Crippen molar-refractivity contribution in [2.24, 2.45) is 5.92 Å². The number of rotatable bonds is 15. The molecule has 2 aliphatic rings. The number of hydrogen-bond acceptors (Lipinski definition) is 16. The number of anilines is 1. The lowest BCUT2D eigenvalue weighted by Gasteiger charge is -2.49. The SMILES string of the molecule is CC(C)CCOC(=O)OC(C)OC(=O)C1=C(CSc2nnnn2CCN(C)C)CS[C@H]2[C@H](NC(=O)Cc3csc(N)n3)C(=O)N12. The molecule has 4 heterocycles. The van der Waals surface area contributed by atoms with Crippen LogP contribution < -0.4 is 11.1 Å². The van der Waals surface area contributed by atoms with Gasteiger partial charge in [0, 0.05) is 30.4 Å². The lowest BCUT2D eigenvalue weighted by molar-refractivity contribution is -0.169. The van der Waals surface area contributed by atoms with Gasteiger partial charge in [0.05, 0.1) is 25.3 Å². The number of thiazole rings is 1. The molecule has 0 bridgehead atoms. The molecule has 2 aromatic rings. The number of thioether (sulfide) groups is 2. The molecular weight excluding hydrogens is 647 g/mol. The van der Waals surface area contributed by atoms with Crippen LogP contribution in [0.5, 0.6) is 0 Å².